The largest absolute Gasteiger partial charge is 0.493 e. The maximum atomic E-state index is 11.7. The van der Waals surface area contributed by atoms with Crippen molar-refractivity contribution in [2.75, 3.05) is 7.11 Å². The SMILES string of the molecule is COc1ccc2c(c1OC(C)C)C(C)=CC2=O. The van der Waals surface area contributed by atoms with Crippen LogP contribution in [-0.4, -0.2) is 19.0 Å². The van der Waals surface area contributed by atoms with Crippen molar-refractivity contribution in [1.82, 2.24) is 0 Å². The molecular formula is C14H16O3. The molecule has 3 heteroatoms. The van der Waals surface area contributed by atoms with E-state index in [4.69, 9.17) is 9.47 Å². The third-order valence-corrected chi connectivity index (χ3v) is 2.70. The van der Waals surface area contributed by atoms with E-state index in [9.17, 15) is 4.79 Å². The molecule has 1 aromatic carbocycles. The number of methoxy groups -OCH3 is 1. The van der Waals surface area contributed by atoms with Crippen molar-refractivity contribution in [2.24, 2.45) is 0 Å². The van der Waals surface area contributed by atoms with Crippen LogP contribution in [-0.2, 0) is 0 Å². The van der Waals surface area contributed by atoms with Gasteiger partial charge in [-0.3, -0.25) is 4.79 Å². The van der Waals surface area contributed by atoms with E-state index in [-0.39, 0.29) is 11.9 Å². The first-order valence-electron chi connectivity index (χ1n) is 5.65. The highest BCUT2D eigenvalue weighted by Crippen LogP contribution is 2.41. The van der Waals surface area contributed by atoms with Gasteiger partial charge in [0, 0.05) is 11.1 Å². The molecule has 1 aromatic rings. The van der Waals surface area contributed by atoms with Crippen LogP contribution in [0.15, 0.2) is 18.2 Å². The van der Waals surface area contributed by atoms with E-state index in [0.717, 1.165) is 11.1 Å². The topological polar surface area (TPSA) is 35.5 Å². The van der Waals surface area contributed by atoms with Crippen molar-refractivity contribution in [3.63, 3.8) is 0 Å². The fourth-order valence-corrected chi connectivity index (χ4v) is 2.02. The summed E-state index contributed by atoms with van der Waals surface area (Å²) in [7, 11) is 1.60. The Balaban J connectivity index is 2.62. The molecular weight excluding hydrogens is 216 g/mol. The summed E-state index contributed by atoms with van der Waals surface area (Å²) in [5.74, 6) is 1.37. The molecule has 0 aromatic heterocycles. The quantitative estimate of drug-likeness (QED) is 0.803. The summed E-state index contributed by atoms with van der Waals surface area (Å²) in [4.78, 5) is 11.7. The predicted octanol–water partition coefficient (Wildman–Crippen LogP) is 3.08. The van der Waals surface area contributed by atoms with E-state index >= 15 is 0 Å². The minimum Gasteiger partial charge on any atom is -0.493 e. The molecule has 0 saturated carbocycles. The number of hydrogen-bond acceptors (Lipinski definition) is 3. The molecule has 0 aliphatic heterocycles. The van der Waals surface area contributed by atoms with E-state index < -0.39 is 0 Å². The van der Waals surface area contributed by atoms with Crippen LogP contribution in [0.3, 0.4) is 0 Å². The Morgan fingerprint density at radius 1 is 1.24 bits per heavy atom. The summed E-state index contributed by atoms with van der Waals surface area (Å²) in [5.41, 5.74) is 2.49. The monoisotopic (exact) mass is 232 g/mol. The van der Waals surface area contributed by atoms with E-state index in [0.29, 0.717) is 17.1 Å². The fourth-order valence-electron chi connectivity index (χ4n) is 2.02. The van der Waals surface area contributed by atoms with Gasteiger partial charge in [0.2, 0.25) is 0 Å². The van der Waals surface area contributed by atoms with Gasteiger partial charge in [0.1, 0.15) is 0 Å². The van der Waals surface area contributed by atoms with Crippen LogP contribution in [0.5, 0.6) is 11.5 Å². The highest BCUT2D eigenvalue weighted by molar-refractivity contribution is 6.17. The lowest BCUT2D eigenvalue weighted by Crippen LogP contribution is -2.09. The summed E-state index contributed by atoms with van der Waals surface area (Å²) < 4.78 is 11.1. The van der Waals surface area contributed by atoms with Crippen molar-refractivity contribution < 1.29 is 14.3 Å². The van der Waals surface area contributed by atoms with Crippen molar-refractivity contribution in [1.29, 1.82) is 0 Å². The van der Waals surface area contributed by atoms with Gasteiger partial charge in [0.05, 0.1) is 13.2 Å². The third-order valence-electron chi connectivity index (χ3n) is 2.70. The third kappa shape index (κ3) is 1.93. The Morgan fingerprint density at radius 2 is 1.94 bits per heavy atom. The van der Waals surface area contributed by atoms with Crippen molar-refractivity contribution in [3.05, 3.63) is 29.3 Å². The molecule has 2 rings (SSSR count). The van der Waals surface area contributed by atoms with Gasteiger partial charge < -0.3 is 9.47 Å². The number of carbonyl (C=O) groups is 1. The van der Waals surface area contributed by atoms with Gasteiger partial charge >= 0.3 is 0 Å². The lowest BCUT2D eigenvalue weighted by Gasteiger charge is -2.17. The number of hydrogen-bond donors (Lipinski definition) is 0. The summed E-state index contributed by atoms with van der Waals surface area (Å²) >= 11 is 0. The van der Waals surface area contributed by atoms with E-state index in [1.54, 1.807) is 25.3 Å². The van der Waals surface area contributed by atoms with Crippen LogP contribution in [0.1, 0.15) is 36.7 Å². The molecule has 1 aliphatic rings. The summed E-state index contributed by atoms with van der Waals surface area (Å²) in [5, 5.41) is 0. The minimum absolute atomic E-state index is 0.0359. The van der Waals surface area contributed by atoms with Crippen LogP contribution in [0.4, 0.5) is 0 Å². The van der Waals surface area contributed by atoms with Crippen molar-refractivity contribution >= 4 is 11.4 Å². The average Bonchev–Trinajstić information content (AvgIpc) is 2.54. The summed E-state index contributed by atoms with van der Waals surface area (Å²) in [6.07, 6.45) is 1.68. The van der Waals surface area contributed by atoms with Gasteiger partial charge in [-0.15, -0.1) is 0 Å². The van der Waals surface area contributed by atoms with Crippen LogP contribution in [0, 0.1) is 0 Å². The minimum atomic E-state index is 0.0359. The molecule has 0 N–H and O–H groups in total. The highest BCUT2D eigenvalue weighted by atomic mass is 16.5. The standard InChI is InChI=1S/C14H16O3/c1-8(2)17-14-12(16-4)6-5-10-11(15)7-9(3)13(10)14/h5-8H,1-4H3. The number of fused-ring (bicyclic) bond motifs is 1. The van der Waals surface area contributed by atoms with Crippen LogP contribution in [0.25, 0.3) is 5.57 Å². The molecule has 0 atom stereocenters. The number of carbonyl (C=O) groups excluding carboxylic acids is 1. The predicted molar refractivity (Wildman–Crippen MR) is 66.7 cm³/mol. The molecule has 0 fully saturated rings. The van der Waals surface area contributed by atoms with E-state index in [2.05, 4.69) is 0 Å². The highest BCUT2D eigenvalue weighted by Gasteiger charge is 2.25. The zero-order chi connectivity index (χ0) is 12.6. The van der Waals surface area contributed by atoms with Gasteiger partial charge in [0.15, 0.2) is 17.3 Å². The zero-order valence-electron chi connectivity index (χ0n) is 10.5. The molecule has 0 saturated heterocycles. The van der Waals surface area contributed by atoms with Gasteiger partial charge in [-0.1, -0.05) is 0 Å². The summed E-state index contributed by atoms with van der Waals surface area (Å²) in [6.45, 7) is 5.82. The molecule has 0 bridgehead atoms. The maximum Gasteiger partial charge on any atom is 0.186 e. The Hall–Kier alpha value is -1.77. The van der Waals surface area contributed by atoms with E-state index in [1.165, 1.54) is 0 Å². The van der Waals surface area contributed by atoms with Crippen LogP contribution in [0.2, 0.25) is 0 Å². The molecule has 17 heavy (non-hydrogen) atoms. The zero-order valence-corrected chi connectivity index (χ0v) is 10.5. The lowest BCUT2D eigenvalue weighted by atomic mass is 10.0. The second-order valence-corrected chi connectivity index (χ2v) is 4.38. The van der Waals surface area contributed by atoms with Gasteiger partial charge in [-0.05, 0) is 44.6 Å². The number of ketones is 1. The first-order valence-corrected chi connectivity index (χ1v) is 5.65. The number of benzene rings is 1. The Kier molecular flexibility index (Phi) is 2.92. The molecule has 0 amide bonds. The number of rotatable bonds is 3. The normalized spacial score (nSPS) is 13.7. The van der Waals surface area contributed by atoms with Gasteiger partial charge in [-0.2, -0.15) is 0 Å². The maximum absolute atomic E-state index is 11.7. The Bertz CT molecular complexity index is 498. The molecule has 1 aliphatic carbocycles. The molecule has 3 nitrogen and oxygen atoms in total. The Labute approximate surface area is 101 Å². The Morgan fingerprint density at radius 3 is 2.53 bits per heavy atom. The molecule has 90 valence electrons. The van der Waals surface area contributed by atoms with E-state index in [1.807, 2.05) is 20.8 Å². The first-order chi connectivity index (χ1) is 8.04. The smallest absolute Gasteiger partial charge is 0.186 e. The first kappa shape index (κ1) is 11.7. The fraction of sp³-hybridized carbons (Fsp3) is 0.357. The molecule has 0 unspecified atom stereocenters. The van der Waals surface area contributed by atoms with Gasteiger partial charge in [-0.25, -0.2) is 0 Å². The number of ether oxygens (including phenoxy) is 2. The van der Waals surface area contributed by atoms with Crippen molar-refractivity contribution in [2.45, 2.75) is 26.9 Å². The van der Waals surface area contributed by atoms with Crippen LogP contribution < -0.4 is 9.47 Å². The molecule has 0 radical (unpaired) electrons. The lowest BCUT2D eigenvalue weighted by molar-refractivity contribution is 0.104. The number of allylic oxidation sites excluding steroid dienone is 2. The van der Waals surface area contributed by atoms with Gasteiger partial charge in [0.25, 0.3) is 0 Å². The second kappa shape index (κ2) is 4.24. The average molecular weight is 232 g/mol. The van der Waals surface area contributed by atoms with Crippen LogP contribution >= 0.6 is 0 Å². The van der Waals surface area contributed by atoms with Crippen molar-refractivity contribution in [3.8, 4) is 11.5 Å². The summed E-state index contributed by atoms with van der Waals surface area (Å²) in [6, 6.07) is 3.57. The molecule has 0 spiro atoms. The molecule has 0 heterocycles. The second-order valence-electron chi connectivity index (χ2n) is 4.38.